The van der Waals surface area contributed by atoms with Gasteiger partial charge in [-0.2, -0.15) is 0 Å². The summed E-state index contributed by atoms with van der Waals surface area (Å²) in [6, 6.07) is 3.33. The van der Waals surface area contributed by atoms with Gasteiger partial charge in [-0.15, -0.1) is 11.3 Å². The first-order valence-corrected chi connectivity index (χ1v) is 6.86. The van der Waals surface area contributed by atoms with Crippen molar-refractivity contribution >= 4 is 23.3 Å². The Bertz CT molecular complexity index is 442. The van der Waals surface area contributed by atoms with E-state index in [1.54, 1.807) is 6.07 Å². The number of carbonyl (C=O) groups is 2. The molecule has 106 valence electrons. The molecule has 0 fully saturated rings. The molecule has 0 aliphatic carbocycles. The SMILES string of the molecule is COC(=O)C(NCc1ccc(CC(=O)O)s1)C(C)C. The highest BCUT2D eigenvalue weighted by molar-refractivity contribution is 7.12. The Morgan fingerprint density at radius 1 is 1.37 bits per heavy atom. The average molecular weight is 285 g/mol. The number of thiophene rings is 1. The lowest BCUT2D eigenvalue weighted by Gasteiger charge is -2.19. The van der Waals surface area contributed by atoms with Crippen molar-refractivity contribution in [3.05, 3.63) is 21.9 Å². The Kier molecular flexibility index (Phi) is 5.98. The lowest BCUT2D eigenvalue weighted by Crippen LogP contribution is -2.41. The zero-order chi connectivity index (χ0) is 14.4. The van der Waals surface area contributed by atoms with E-state index in [1.807, 2.05) is 19.9 Å². The van der Waals surface area contributed by atoms with Crippen molar-refractivity contribution in [3.8, 4) is 0 Å². The maximum atomic E-state index is 11.6. The molecule has 0 aromatic carbocycles. The number of carbonyl (C=O) groups excluding carboxylic acids is 1. The van der Waals surface area contributed by atoms with E-state index in [0.29, 0.717) is 6.54 Å². The number of carboxylic acids is 1. The molecule has 0 spiro atoms. The third-order valence-corrected chi connectivity index (χ3v) is 3.75. The molecule has 0 aliphatic rings. The van der Waals surface area contributed by atoms with Gasteiger partial charge in [0.1, 0.15) is 6.04 Å². The van der Waals surface area contributed by atoms with E-state index < -0.39 is 5.97 Å². The minimum absolute atomic E-state index is 0.0370. The van der Waals surface area contributed by atoms with Crippen LogP contribution in [-0.2, 0) is 27.3 Å². The van der Waals surface area contributed by atoms with Gasteiger partial charge in [0.15, 0.2) is 0 Å². The molecule has 1 aromatic rings. The van der Waals surface area contributed by atoms with Crippen LogP contribution in [0.4, 0.5) is 0 Å². The van der Waals surface area contributed by atoms with Crippen molar-refractivity contribution < 1.29 is 19.4 Å². The third-order valence-electron chi connectivity index (χ3n) is 2.66. The predicted molar refractivity (Wildman–Crippen MR) is 73.1 cm³/mol. The van der Waals surface area contributed by atoms with E-state index >= 15 is 0 Å². The lowest BCUT2D eigenvalue weighted by atomic mass is 10.0. The molecule has 19 heavy (non-hydrogen) atoms. The van der Waals surface area contributed by atoms with Gasteiger partial charge in [-0.1, -0.05) is 13.8 Å². The summed E-state index contributed by atoms with van der Waals surface area (Å²) in [4.78, 5) is 24.0. The average Bonchev–Trinajstić information content (AvgIpc) is 2.75. The summed E-state index contributed by atoms with van der Waals surface area (Å²) >= 11 is 1.44. The maximum Gasteiger partial charge on any atom is 0.323 e. The molecule has 0 radical (unpaired) electrons. The number of aliphatic carboxylic acids is 1. The fourth-order valence-corrected chi connectivity index (χ4v) is 2.65. The topological polar surface area (TPSA) is 75.6 Å². The standard InChI is InChI=1S/C13H19NO4S/c1-8(2)12(13(17)18-3)14-7-10-5-4-9(19-10)6-11(15)16/h4-5,8,12,14H,6-7H2,1-3H3,(H,15,16). The van der Waals surface area contributed by atoms with E-state index in [0.717, 1.165) is 9.75 Å². The number of esters is 1. The summed E-state index contributed by atoms with van der Waals surface area (Å²) in [6.07, 6.45) is 0.0370. The monoisotopic (exact) mass is 285 g/mol. The number of rotatable bonds is 7. The van der Waals surface area contributed by atoms with Crippen molar-refractivity contribution in [2.45, 2.75) is 32.9 Å². The van der Waals surface area contributed by atoms with Crippen LogP contribution in [0.1, 0.15) is 23.6 Å². The van der Waals surface area contributed by atoms with E-state index in [9.17, 15) is 9.59 Å². The predicted octanol–water partition coefficient (Wildman–Crippen LogP) is 1.66. The zero-order valence-corrected chi connectivity index (χ0v) is 12.1. The normalized spacial score (nSPS) is 12.4. The molecule has 0 bridgehead atoms. The molecule has 5 nitrogen and oxygen atoms in total. The molecular weight excluding hydrogens is 266 g/mol. The summed E-state index contributed by atoms with van der Waals surface area (Å²) in [5.74, 6) is -0.987. The second kappa shape index (κ2) is 7.25. The van der Waals surface area contributed by atoms with Crippen LogP contribution in [-0.4, -0.2) is 30.2 Å². The number of nitrogens with one attached hydrogen (secondary N) is 1. The van der Waals surface area contributed by atoms with E-state index in [2.05, 4.69) is 5.32 Å². The van der Waals surface area contributed by atoms with Gasteiger partial charge in [-0.3, -0.25) is 14.9 Å². The van der Waals surface area contributed by atoms with Crippen molar-refractivity contribution in [3.63, 3.8) is 0 Å². The third kappa shape index (κ3) is 5.00. The van der Waals surface area contributed by atoms with Gasteiger partial charge in [0.25, 0.3) is 0 Å². The summed E-state index contributed by atoms with van der Waals surface area (Å²) in [5.41, 5.74) is 0. The molecule has 1 unspecified atom stereocenters. The largest absolute Gasteiger partial charge is 0.481 e. The number of hydrogen-bond donors (Lipinski definition) is 2. The van der Waals surface area contributed by atoms with E-state index in [1.165, 1.54) is 18.4 Å². The van der Waals surface area contributed by atoms with Gasteiger partial charge in [0, 0.05) is 16.3 Å². The molecule has 1 heterocycles. The summed E-state index contributed by atoms with van der Waals surface area (Å²) in [6.45, 7) is 4.42. The summed E-state index contributed by atoms with van der Waals surface area (Å²) in [5, 5.41) is 11.8. The highest BCUT2D eigenvalue weighted by Gasteiger charge is 2.22. The number of methoxy groups -OCH3 is 1. The molecule has 6 heteroatoms. The maximum absolute atomic E-state index is 11.6. The summed E-state index contributed by atoms with van der Waals surface area (Å²) < 4.78 is 4.74. The first-order valence-electron chi connectivity index (χ1n) is 6.04. The minimum Gasteiger partial charge on any atom is -0.481 e. The van der Waals surface area contributed by atoms with Crippen molar-refractivity contribution in [1.82, 2.24) is 5.32 Å². The molecular formula is C13H19NO4S. The fourth-order valence-electron chi connectivity index (χ4n) is 1.69. The number of carboxylic acid groups (broad SMARTS) is 1. The minimum atomic E-state index is -0.837. The van der Waals surface area contributed by atoms with Gasteiger partial charge in [-0.05, 0) is 18.1 Å². The molecule has 1 aromatic heterocycles. The van der Waals surface area contributed by atoms with Gasteiger partial charge >= 0.3 is 11.9 Å². The Hall–Kier alpha value is -1.40. The molecule has 1 atom stereocenters. The van der Waals surface area contributed by atoms with Gasteiger partial charge in [-0.25, -0.2) is 0 Å². The lowest BCUT2D eigenvalue weighted by molar-refractivity contribution is -0.144. The van der Waals surface area contributed by atoms with Crippen LogP contribution in [0, 0.1) is 5.92 Å². The Morgan fingerprint density at radius 2 is 2.00 bits per heavy atom. The smallest absolute Gasteiger partial charge is 0.323 e. The second-order valence-electron chi connectivity index (χ2n) is 4.56. The van der Waals surface area contributed by atoms with E-state index in [-0.39, 0.29) is 24.3 Å². The Morgan fingerprint density at radius 3 is 2.53 bits per heavy atom. The molecule has 2 N–H and O–H groups in total. The zero-order valence-electron chi connectivity index (χ0n) is 11.3. The fraction of sp³-hybridized carbons (Fsp3) is 0.538. The van der Waals surface area contributed by atoms with Crippen molar-refractivity contribution in [1.29, 1.82) is 0 Å². The molecule has 0 amide bonds. The van der Waals surface area contributed by atoms with Crippen LogP contribution in [0.25, 0.3) is 0 Å². The van der Waals surface area contributed by atoms with Gasteiger partial charge in [0.2, 0.25) is 0 Å². The van der Waals surface area contributed by atoms with Crippen molar-refractivity contribution in [2.24, 2.45) is 5.92 Å². The van der Waals surface area contributed by atoms with Crippen LogP contribution in [0.15, 0.2) is 12.1 Å². The number of ether oxygens (including phenoxy) is 1. The number of hydrogen-bond acceptors (Lipinski definition) is 5. The van der Waals surface area contributed by atoms with Crippen LogP contribution in [0.2, 0.25) is 0 Å². The first kappa shape index (κ1) is 15.7. The van der Waals surface area contributed by atoms with Crippen molar-refractivity contribution in [2.75, 3.05) is 7.11 Å². The Balaban J connectivity index is 2.57. The van der Waals surface area contributed by atoms with Crippen LogP contribution < -0.4 is 5.32 Å². The quantitative estimate of drug-likeness (QED) is 0.745. The van der Waals surface area contributed by atoms with E-state index in [4.69, 9.17) is 9.84 Å². The van der Waals surface area contributed by atoms with Gasteiger partial charge in [0.05, 0.1) is 13.5 Å². The molecule has 0 saturated heterocycles. The Labute approximate surface area is 116 Å². The molecule has 0 aliphatic heterocycles. The van der Waals surface area contributed by atoms with Gasteiger partial charge < -0.3 is 9.84 Å². The highest BCUT2D eigenvalue weighted by atomic mass is 32.1. The van der Waals surface area contributed by atoms with Crippen LogP contribution >= 0.6 is 11.3 Å². The summed E-state index contributed by atoms with van der Waals surface area (Å²) in [7, 11) is 1.37. The first-order chi connectivity index (χ1) is 8.93. The van der Waals surface area contributed by atoms with Crippen LogP contribution in [0.5, 0.6) is 0 Å². The molecule has 0 saturated carbocycles. The van der Waals surface area contributed by atoms with Crippen LogP contribution in [0.3, 0.4) is 0 Å². The highest BCUT2D eigenvalue weighted by Crippen LogP contribution is 2.17. The second-order valence-corrected chi connectivity index (χ2v) is 5.82. The molecule has 1 rings (SSSR count).